The second-order valence-electron chi connectivity index (χ2n) is 7.19. The predicted molar refractivity (Wildman–Crippen MR) is 126 cm³/mol. The molecular weight excluding hydrogens is 394 g/mol. The monoisotopic (exact) mass is 417 g/mol. The first-order valence-electron chi connectivity index (χ1n) is 10.1. The average Bonchev–Trinajstić information content (AvgIpc) is 3.08. The smallest absolute Gasteiger partial charge is 0.258 e. The molecule has 30 heavy (non-hydrogen) atoms. The molecule has 4 rings (SSSR count). The number of hydrogen-bond donors (Lipinski definition) is 3. The Bertz CT molecular complexity index is 1080. The van der Waals surface area contributed by atoms with Crippen molar-refractivity contribution in [1.29, 1.82) is 0 Å². The number of fused-ring (bicyclic) bond motifs is 1. The highest BCUT2D eigenvalue weighted by Gasteiger charge is 2.28. The Balaban J connectivity index is 1.71. The first-order valence-corrected chi connectivity index (χ1v) is 10.5. The number of rotatable bonds is 7. The van der Waals surface area contributed by atoms with Gasteiger partial charge in [0.15, 0.2) is 0 Å². The summed E-state index contributed by atoms with van der Waals surface area (Å²) < 4.78 is 0. The number of carbonyl (C=O) groups excluding carboxylic acids is 1. The number of likely N-dealkylation sites (N-methyl/N-ethyl adjacent to an activating group) is 1. The van der Waals surface area contributed by atoms with Gasteiger partial charge in [-0.05, 0) is 54.9 Å². The lowest BCUT2D eigenvalue weighted by Crippen LogP contribution is -2.16. The molecule has 1 amide bonds. The molecule has 0 saturated heterocycles. The maximum atomic E-state index is 12.9. The molecule has 4 nitrogen and oxygen atoms in total. The number of halogens is 1. The van der Waals surface area contributed by atoms with E-state index in [-0.39, 0.29) is 5.91 Å². The summed E-state index contributed by atoms with van der Waals surface area (Å²) in [7, 11) is 0. The van der Waals surface area contributed by atoms with Crippen LogP contribution in [-0.2, 0) is 11.2 Å². The van der Waals surface area contributed by atoms with E-state index in [9.17, 15) is 4.79 Å². The second-order valence-corrected chi connectivity index (χ2v) is 7.62. The zero-order chi connectivity index (χ0) is 20.9. The van der Waals surface area contributed by atoms with E-state index in [1.54, 1.807) is 6.07 Å². The van der Waals surface area contributed by atoms with Crippen molar-refractivity contribution in [3.8, 4) is 0 Å². The fourth-order valence-corrected chi connectivity index (χ4v) is 3.76. The molecule has 0 spiro atoms. The van der Waals surface area contributed by atoms with Crippen molar-refractivity contribution in [2.75, 3.05) is 23.7 Å². The number of nitrogens with one attached hydrogen (secondary N) is 3. The Hall–Kier alpha value is -3.08. The molecule has 1 aliphatic heterocycles. The van der Waals surface area contributed by atoms with E-state index in [2.05, 4.69) is 47.1 Å². The quantitative estimate of drug-likeness (QED) is 0.355. The fraction of sp³-hybridized carbons (Fsp3) is 0.160. The summed E-state index contributed by atoms with van der Waals surface area (Å²) in [4.78, 5) is 12.9. The maximum Gasteiger partial charge on any atom is 0.258 e. The highest BCUT2D eigenvalue weighted by Crippen LogP contribution is 2.38. The van der Waals surface area contributed by atoms with Gasteiger partial charge in [-0.15, -0.1) is 0 Å². The molecular formula is C25H24ClN3O. The van der Waals surface area contributed by atoms with Crippen molar-refractivity contribution >= 4 is 40.2 Å². The normalized spacial score (nSPS) is 14.3. The van der Waals surface area contributed by atoms with Crippen LogP contribution in [0.15, 0.2) is 72.8 Å². The van der Waals surface area contributed by atoms with Gasteiger partial charge in [0, 0.05) is 16.3 Å². The van der Waals surface area contributed by atoms with Crippen LogP contribution in [-0.4, -0.2) is 19.0 Å². The summed E-state index contributed by atoms with van der Waals surface area (Å²) in [6, 6.07) is 23.7. The van der Waals surface area contributed by atoms with Crippen molar-refractivity contribution in [2.45, 2.75) is 13.3 Å². The molecule has 0 radical (unpaired) electrons. The number of amides is 1. The topological polar surface area (TPSA) is 53.2 Å². The van der Waals surface area contributed by atoms with Crippen molar-refractivity contribution in [3.63, 3.8) is 0 Å². The molecule has 0 fully saturated rings. The van der Waals surface area contributed by atoms with E-state index in [0.29, 0.717) is 10.6 Å². The zero-order valence-corrected chi connectivity index (χ0v) is 17.6. The summed E-state index contributed by atoms with van der Waals surface area (Å²) in [6.07, 6.45) is 0.983. The zero-order valence-electron chi connectivity index (χ0n) is 16.8. The van der Waals surface area contributed by atoms with E-state index in [1.165, 1.54) is 5.56 Å². The summed E-state index contributed by atoms with van der Waals surface area (Å²) in [5, 5.41) is 10.4. The van der Waals surface area contributed by atoms with E-state index in [1.807, 2.05) is 42.5 Å². The first-order chi connectivity index (χ1) is 14.7. The molecule has 5 heteroatoms. The van der Waals surface area contributed by atoms with Gasteiger partial charge in [-0.2, -0.15) is 0 Å². The van der Waals surface area contributed by atoms with Crippen LogP contribution in [0.25, 0.3) is 11.3 Å². The second kappa shape index (κ2) is 9.16. The molecule has 0 aromatic heterocycles. The van der Waals surface area contributed by atoms with E-state index in [0.717, 1.165) is 47.7 Å². The lowest BCUT2D eigenvalue weighted by Gasteiger charge is -2.15. The predicted octanol–water partition coefficient (Wildman–Crippen LogP) is 5.42. The summed E-state index contributed by atoms with van der Waals surface area (Å²) in [6.45, 7) is 4.04. The van der Waals surface area contributed by atoms with Crippen LogP contribution < -0.4 is 16.0 Å². The fourth-order valence-electron chi connectivity index (χ4n) is 3.59. The Morgan fingerprint density at radius 3 is 2.50 bits per heavy atom. The molecule has 0 atom stereocenters. The molecule has 1 aliphatic rings. The third kappa shape index (κ3) is 4.40. The lowest BCUT2D eigenvalue weighted by molar-refractivity contribution is -0.110. The van der Waals surface area contributed by atoms with Crippen LogP contribution in [0, 0.1) is 0 Å². The van der Waals surface area contributed by atoms with E-state index in [4.69, 9.17) is 11.6 Å². The molecule has 0 bridgehead atoms. The van der Waals surface area contributed by atoms with Gasteiger partial charge in [-0.25, -0.2) is 0 Å². The Labute approximate surface area is 182 Å². The lowest BCUT2D eigenvalue weighted by atomic mass is 10.00. The number of benzene rings is 3. The number of carbonyl (C=O) groups is 1. The average molecular weight is 418 g/mol. The largest absolute Gasteiger partial charge is 0.354 e. The van der Waals surface area contributed by atoms with Gasteiger partial charge in [-0.3, -0.25) is 4.79 Å². The minimum Gasteiger partial charge on any atom is -0.354 e. The van der Waals surface area contributed by atoms with Crippen molar-refractivity contribution in [2.24, 2.45) is 0 Å². The molecule has 3 aromatic carbocycles. The highest BCUT2D eigenvalue weighted by molar-refractivity contribution is 6.38. The minimum absolute atomic E-state index is 0.138. The third-order valence-corrected chi connectivity index (χ3v) is 5.34. The van der Waals surface area contributed by atoms with Crippen LogP contribution in [0.1, 0.15) is 23.6 Å². The SMILES string of the molecule is CCNCCc1ccc(N/C(=C2\C(=O)Nc3cc(Cl)ccc32)c2ccccc2)cc1. The standard InChI is InChI=1S/C25H24ClN3O/c1-2-27-15-14-17-8-11-20(12-9-17)28-24(18-6-4-3-5-7-18)23-21-13-10-19(26)16-22(21)29-25(23)30/h3-13,16,27-28H,2,14-15H2,1H3,(H,29,30)/b24-23-. The highest BCUT2D eigenvalue weighted by atomic mass is 35.5. The molecule has 0 aliphatic carbocycles. The van der Waals surface area contributed by atoms with Crippen LogP contribution in [0.2, 0.25) is 5.02 Å². The minimum atomic E-state index is -0.138. The summed E-state index contributed by atoms with van der Waals surface area (Å²) >= 11 is 6.12. The van der Waals surface area contributed by atoms with E-state index < -0.39 is 0 Å². The summed E-state index contributed by atoms with van der Waals surface area (Å²) in [5.74, 6) is -0.138. The molecule has 1 heterocycles. The van der Waals surface area contributed by atoms with Gasteiger partial charge in [0.25, 0.3) is 5.91 Å². The molecule has 0 unspecified atom stereocenters. The van der Waals surface area contributed by atoms with Gasteiger partial charge in [-0.1, -0.05) is 67.1 Å². The van der Waals surface area contributed by atoms with Crippen molar-refractivity contribution in [3.05, 3.63) is 94.5 Å². The van der Waals surface area contributed by atoms with Crippen molar-refractivity contribution < 1.29 is 4.79 Å². The van der Waals surface area contributed by atoms with Crippen LogP contribution in [0.4, 0.5) is 11.4 Å². The van der Waals surface area contributed by atoms with Gasteiger partial charge in [0.05, 0.1) is 17.0 Å². The number of anilines is 2. The van der Waals surface area contributed by atoms with Gasteiger partial charge < -0.3 is 16.0 Å². The Kier molecular flexibility index (Phi) is 6.17. The molecule has 0 saturated carbocycles. The first kappa shape index (κ1) is 20.2. The summed E-state index contributed by atoms with van der Waals surface area (Å²) in [5.41, 5.74) is 6.12. The maximum absolute atomic E-state index is 12.9. The van der Waals surface area contributed by atoms with Gasteiger partial charge in [0.1, 0.15) is 0 Å². The third-order valence-electron chi connectivity index (χ3n) is 5.10. The Morgan fingerprint density at radius 2 is 1.77 bits per heavy atom. The van der Waals surface area contributed by atoms with Crippen molar-refractivity contribution in [1.82, 2.24) is 5.32 Å². The molecule has 3 aromatic rings. The van der Waals surface area contributed by atoms with E-state index >= 15 is 0 Å². The van der Waals surface area contributed by atoms with Gasteiger partial charge in [0.2, 0.25) is 0 Å². The van der Waals surface area contributed by atoms with Gasteiger partial charge >= 0.3 is 0 Å². The van der Waals surface area contributed by atoms with Crippen LogP contribution in [0.3, 0.4) is 0 Å². The molecule has 3 N–H and O–H groups in total. The van der Waals surface area contributed by atoms with Crippen LogP contribution in [0.5, 0.6) is 0 Å². The number of hydrogen-bond acceptors (Lipinski definition) is 3. The molecule has 152 valence electrons. The Morgan fingerprint density at radius 1 is 1.00 bits per heavy atom. The van der Waals surface area contributed by atoms with Crippen LogP contribution >= 0.6 is 11.6 Å².